The van der Waals surface area contributed by atoms with Gasteiger partial charge in [0.15, 0.2) is 0 Å². The van der Waals surface area contributed by atoms with Crippen LogP contribution in [0.4, 0.5) is 28.4 Å². The summed E-state index contributed by atoms with van der Waals surface area (Å²) in [6.45, 7) is 0. The van der Waals surface area contributed by atoms with Crippen molar-refractivity contribution in [2.75, 3.05) is 9.80 Å². The standard InChI is InChI=1S/C141H144N2/c1-10-30-96(31-11-1)105-50-64-113(65-51-105)122-84-123(114-66-52-106(53-67-114)97-32-12-2-13-33-97)88-129(87-122)142(130-89-124(115-68-54-107(55-69-115)98-34-14-3-15-35-98)85-125(90-130)116-70-56-108(57-71-116)99-36-16-4-17-37-99)139-132-48-28-29-49-133(132)140(136-93-121(82-83-134(136)139)104-46-26-9-27-47-104)143(131-91-126(117-72-58-109(59-73-117)100-38-18-5-19-39-100)86-127(92-131)118-74-60-110(61-75-118)101-40-20-6-21-41-101)141-137-95-128(119-76-62-111(63-77-119)102-42-22-7-23-43-102)94-135(138(137)141)120-80-78-112(79-81-120)103-44-24-8-25-45-103/h9,26-29,46-103,141H,1-8,10-25,30-45H2. The van der Waals surface area contributed by atoms with Gasteiger partial charge in [-0.05, 0) is 379 Å². The molecule has 8 fully saturated rings. The molecule has 2 nitrogen and oxygen atoms in total. The van der Waals surface area contributed by atoms with Gasteiger partial charge in [0, 0.05) is 38.6 Å². The summed E-state index contributed by atoms with van der Waals surface area (Å²) in [7, 11) is 0. The van der Waals surface area contributed by atoms with Crippen molar-refractivity contribution in [1.29, 1.82) is 0 Å². The van der Waals surface area contributed by atoms with Gasteiger partial charge in [0.25, 0.3) is 0 Å². The first-order valence-electron chi connectivity index (χ1n) is 56.9. The molecule has 0 N–H and O–H groups in total. The molecule has 1 unspecified atom stereocenters. The number of hydrogen-bond donors (Lipinski definition) is 0. The average Bonchev–Trinajstić information content (AvgIpc) is 1.55. The minimum Gasteiger partial charge on any atom is -0.329 e. The number of nitrogens with zero attached hydrogens (tertiary/aromatic N) is 2. The molecule has 16 aromatic carbocycles. The van der Waals surface area contributed by atoms with Gasteiger partial charge in [0.2, 0.25) is 0 Å². The summed E-state index contributed by atoms with van der Waals surface area (Å²) in [4.78, 5) is 5.72. The number of rotatable bonds is 23. The Balaban J connectivity index is 0.768. The van der Waals surface area contributed by atoms with Gasteiger partial charge in [-0.3, -0.25) is 0 Å². The van der Waals surface area contributed by atoms with Gasteiger partial charge in [0.1, 0.15) is 0 Å². The van der Waals surface area contributed by atoms with Gasteiger partial charge >= 0.3 is 0 Å². The van der Waals surface area contributed by atoms with Crippen LogP contribution in [0.25, 0.3) is 122 Å². The summed E-state index contributed by atoms with van der Waals surface area (Å²) in [6, 6.07) is 137. The van der Waals surface area contributed by atoms with E-state index in [2.05, 4.69) is 343 Å². The third kappa shape index (κ3) is 19.4. The predicted octanol–water partition coefficient (Wildman–Crippen LogP) is 42.1. The van der Waals surface area contributed by atoms with Crippen LogP contribution < -0.4 is 9.80 Å². The van der Waals surface area contributed by atoms with E-state index in [1.54, 1.807) is 0 Å². The Bertz CT molecular complexity index is 6700. The third-order valence-corrected chi connectivity index (χ3v) is 36.6. The zero-order chi connectivity index (χ0) is 94.9. The van der Waals surface area contributed by atoms with Gasteiger partial charge in [0.05, 0.1) is 17.4 Å². The van der Waals surface area contributed by atoms with Crippen molar-refractivity contribution in [2.24, 2.45) is 0 Å². The summed E-state index contributed by atoms with van der Waals surface area (Å²) in [5, 5.41) is 4.81. The van der Waals surface area contributed by atoms with Crippen molar-refractivity contribution >= 4 is 50.0 Å². The molecule has 8 saturated carbocycles. The summed E-state index contributed by atoms with van der Waals surface area (Å²) in [6.07, 6.45) is 52.0. The summed E-state index contributed by atoms with van der Waals surface area (Å²) in [5.41, 5.74) is 43.0. The molecule has 0 heterocycles. The molecule has 0 bridgehead atoms. The average molecular weight is 1870 g/mol. The molecule has 9 aliphatic carbocycles. The van der Waals surface area contributed by atoms with E-state index in [1.165, 1.54) is 451 Å². The van der Waals surface area contributed by atoms with Gasteiger partial charge in [-0.15, -0.1) is 0 Å². The SMILES string of the molecule is c1ccc(-c2ccc3c(N(c4cc(-c5ccc(C6CCCCC6)cc5)cc(-c5ccc(C6CCCCC6)cc5)c4)c4cc(-c5ccc(C6CCCCC6)cc5)cc(-c5ccc(C6CCCCC6)cc5)c4)c4ccccc4c(N(c4cc(-c5ccc(C6CCCCC6)cc5)cc(-c5ccc(C6CCCCC6)cc5)c4)C4c5cc(-c6ccc(C7CCCCC7)cc6)cc(-c6ccc(C7CCCCC7)cc6)c54)c3c2)cc1. The first-order valence-corrected chi connectivity index (χ1v) is 56.9. The molecule has 1 atom stereocenters. The third-order valence-electron chi connectivity index (χ3n) is 36.6. The van der Waals surface area contributed by atoms with Crippen LogP contribution in [-0.2, 0) is 0 Å². The lowest BCUT2D eigenvalue weighted by Crippen LogP contribution is -2.18. The minimum atomic E-state index is -0.181. The highest BCUT2D eigenvalue weighted by molar-refractivity contribution is 6.24. The van der Waals surface area contributed by atoms with Crippen LogP contribution in [-0.4, -0.2) is 0 Å². The molecular weight excluding hydrogens is 1720 g/mol. The quantitative estimate of drug-likeness (QED) is 0.0465. The smallest absolute Gasteiger partial charge is 0.0858 e. The molecule has 0 aromatic heterocycles. The zero-order valence-electron chi connectivity index (χ0n) is 84.6. The molecule has 0 amide bonds. The summed E-state index contributed by atoms with van der Waals surface area (Å²) in [5.74, 6) is 4.78. The molecule has 16 aromatic rings. The van der Waals surface area contributed by atoms with E-state index in [0.717, 1.165) is 11.4 Å². The van der Waals surface area contributed by atoms with Crippen molar-refractivity contribution in [1.82, 2.24) is 0 Å². The largest absolute Gasteiger partial charge is 0.329 e. The maximum atomic E-state index is 2.92. The van der Waals surface area contributed by atoms with Gasteiger partial charge < -0.3 is 9.80 Å². The van der Waals surface area contributed by atoms with E-state index in [0.29, 0.717) is 47.3 Å². The van der Waals surface area contributed by atoms with E-state index >= 15 is 0 Å². The number of anilines is 5. The second kappa shape index (κ2) is 41.8. The first-order chi connectivity index (χ1) is 70.8. The summed E-state index contributed by atoms with van der Waals surface area (Å²) < 4.78 is 0. The van der Waals surface area contributed by atoms with E-state index in [4.69, 9.17) is 0 Å². The lowest BCUT2D eigenvalue weighted by atomic mass is 9.83. The van der Waals surface area contributed by atoms with Crippen molar-refractivity contribution < 1.29 is 0 Å². The molecule has 2 heteroatoms. The molecule has 143 heavy (non-hydrogen) atoms. The Morgan fingerprint density at radius 2 is 0.385 bits per heavy atom. The lowest BCUT2D eigenvalue weighted by molar-refractivity contribution is 0.443. The van der Waals surface area contributed by atoms with Crippen LogP contribution in [0.15, 0.2) is 334 Å². The number of benzene rings is 16. The van der Waals surface area contributed by atoms with Crippen molar-refractivity contribution in [2.45, 2.75) is 310 Å². The van der Waals surface area contributed by atoms with Gasteiger partial charge in [-0.2, -0.15) is 0 Å². The predicted molar refractivity (Wildman–Crippen MR) is 609 cm³/mol. The van der Waals surface area contributed by atoms with Crippen molar-refractivity contribution in [3.05, 3.63) is 389 Å². The fourth-order valence-corrected chi connectivity index (χ4v) is 28.3. The van der Waals surface area contributed by atoms with Gasteiger partial charge in [-0.1, -0.05) is 415 Å². The fourth-order valence-electron chi connectivity index (χ4n) is 28.3. The van der Waals surface area contributed by atoms with Crippen LogP contribution >= 0.6 is 0 Å². The topological polar surface area (TPSA) is 6.48 Å². The maximum absolute atomic E-state index is 2.92. The van der Waals surface area contributed by atoms with Crippen molar-refractivity contribution in [3.63, 3.8) is 0 Å². The molecule has 0 spiro atoms. The first kappa shape index (κ1) is 91.8. The van der Waals surface area contributed by atoms with Crippen LogP contribution in [0.3, 0.4) is 0 Å². The highest BCUT2D eigenvalue weighted by Gasteiger charge is 2.45. The highest BCUT2D eigenvalue weighted by Crippen LogP contribution is 2.62. The van der Waals surface area contributed by atoms with E-state index in [-0.39, 0.29) is 6.04 Å². The molecular formula is C141H144N2. The Morgan fingerprint density at radius 1 is 0.154 bits per heavy atom. The monoisotopic (exact) mass is 1870 g/mol. The molecule has 0 aliphatic heterocycles. The zero-order valence-corrected chi connectivity index (χ0v) is 84.6. The number of hydrogen-bond acceptors (Lipinski definition) is 2. The van der Waals surface area contributed by atoms with E-state index in [1.807, 2.05) is 0 Å². The summed E-state index contributed by atoms with van der Waals surface area (Å²) >= 11 is 0. The maximum Gasteiger partial charge on any atom is 0.0858 e. The second-order valence-corrected chi connectivity index (χ2v) is 45.5. The molecule has 9 aliphatic rings. The molecule has 25 rings (SSSR count). The Labute approximate surface area is 853 Å². The number of fused-ring (bicyclic) bond motifs is 3. The lowest BCUT2D eigenvalue weighted by Gasteiger charge is -2.34. The van der Waals surface area contributed by atoms with Crippen LogP contribution in [0.1, 0.15) is 366 Å². The molecule has 0 radical (unpaired) electrons. The van der Waals surface area contributed by atoms with Crippen LogP contribution in [0.5, 0.6) is 0 Å². The Kier molecular flexibility index (Phi) is 26.8. The van der Waals surface area contributed by atoms with Gasteiger partial charge in [-0.25, -0.2) is 0 Å². The normalized spacial score (nSPS) is 18.5. The van der Waals surface area contributed by atoms with Crippen LogP contribution in [0, 0.1) is 0 Å². The van der Waals surface area contributed by atoms with Crippen molar-refractivity contribution in [3.8, 4) is 100 Å². The Hall–Kier alpha value is -12.4. The molecule has 0 saturated heterocycles. The van der Waals surface area contributed by atoms with E-state index in [9.17, 15) is 0 Å². The van der Waals surface area contributed by atoms with Crippen LogP contribution in [0.2, 0.25) is 0 Å². The van der Waals surface area contributed by atoms with E-state index < -0.39 is 0 Å². The molecule has 718 valence electrons. The fraction of sp³-hybridized carbons (Fsp3) is 0.348. The Morgan fingerprint density at radius 3 is 0.671 bits per heavy atom. The highest BCUT2D eigenvalue weighted by atomic mass is 15.2. The minimum absolute atomic E-state index is 0.181. The second-order valence-electron chi connectivity index (χ2n) is 45.5.